The minimum absolute atomic E-state index is 0.0109. The largest absolute Gasteiger partial charge is 0.497 e. The number of fused-ring (bicyclic) bond motifs is 7. The minimum atomic E-state index is -4.00. The number of hydrogen-bond donors (Lipinski definition) is 1. The van der Waals surface area contributed by atoms with Crippen molar-refractivity contribution in [2.45, 2.75) is 75.8 Å². The number of benzene rings is 3. The highest BCUT2D eigenvalue weighted by molar-refractivity contribution is 7.87. The molecule has 13 heteroatoms. The van der Waals surface area contributed by atoms with E-state index in [1.165, 1.54) is 26.1 Å². The van der Waals surface area contributed by atoms with Gasteiger partial charge in [0.05, 0.1) is 30.5 Å². The van der Waals surface area contributed by atoms with Crippen molar-refractivity contribution < 1.29 is 22.7 Å². The molecule has 0 bridgehead atoms. The van der Waals surface area contributed by atoms with E-state index in [9.17, 15) is 13.2 Å². The van der Waals surface area contributed by atoms with E-state index in [2.05, 4.69) is 32.5 Å². The van der Waals surface area contributed by atoms with E-state index in [1.54, 1.807) is 13.2 Å². The van der Waals surface area contributed by atoms with Gasteiger partial charge < -0.3 is 14.2 Å². The zero-order chi connectivity index (χ0) is 38.9. The molecule has 292 valence electrons. The highest BCUT2D eigenvalue weighted by Gasteiger charge is 2.64. The number of nitrogens with one attached hydrogen (secondary N) is 1. The van der Waals surface area contributed by atoms with Crippen LogP contribution in [0.25, 0.3) is 33.3 Å². The summed E-state index contributed by atoms with van der Waals surface area (Å²) in [4.78, 5) is 30.6. The molecule has 9 rings (SSSR count). The molecular formula is C43H47ClN6O5S. The van der Waals surface area contributed by atoms with Gasteiger partial charge in [0.2, 0.25) is 5.91 Å². The van der Waals surface area contributed by atoms with Crippen LogP contribution in [-0.2, 0) is 21.5 Å². The van der Waals surface area contributed by atoms with Gasteiger partial charge in [-0.15, -0.1) is 0 Å². The third kappa shape index (κ3) is 6.30. The summed E-state index contributed by atoms with van der Waals surface area (Å²) in [5.41, 5.74) is 7.15. The SMILES string of the molecule is COc1ccc2c(c1)C1CC1(C(=O)N1CCC(n3cc(-c4ccc(Cl)cc4)cn3)CC1)Cn1c-2c(C2CCCCC2)c2ccc(C(=O)NS(=O)(=O)N(C)C)cc21. The van der Waals surface area contributed by atoms with Gasteiger partial charge in [0.25, 0.3) is 5.91 Å². The number of nitrogens with zero attached hydrogens (tertiary/aromatic N) is 5. The number of carbonyl (C=O) groups excluding carboxylic acids is 2. The van der Waals surface area contributed by atoms with Crippen molar-refractivity contribution in [1.82, 2.24) is 28.3 Å². The summed E-state index contributed by atoms with van der Waals surface area (Å²) in [6.07, 6.45) is 12.0. The van der Waals surface area contributed by atoms with Crippen LogP contribution < -0.4 is 9.46 Å². The molecule has 2 amide bonds. The number of amides is 2. The summed E-state index contributed by atoms with van der Waals surface area (Å²) in [5.74, 6) is 0.576. The number of rotatable bonds is 8. The number of hydrogen-bond acceptors (Lipinski definition) is 6. The number of methoxy groups -OCH3 is 1. The minimum Gasteiger partial charge on any atom is -0.497 e. The van der Waals surface area contributed by atoms with Crippen LogP contribution >= 0.6 is 11.6 Å². The second kappa shape index (κ2) is 14.1. The average Bonchev–Trinajstić information content (AvgIpc) is 3.60. The Kier molecular flexibility index (Phi) is 9.29. The van der Waals surface area contributed by atoms with Gasteiger partial charge in [-0.3, -0.25) is 14.3 Å². The quantitative estimate of drug-likeness (QED) is 0.172. The fraction of sp³-hybridized carbons (Fsp3) is 0.419. The third-order valence-corrected chi connectivity index (χ3v) is 14.5. The summed E-state index contributed by atoms with van der Waals surface area (Å²) < 4.78 is 38.6. The third-order valence-electron chi connectivity index (χ3n) is 12.8. The van der Waals surface area contributed by atoms with Crippen molar-refractivity contribution in [2.24, 2.45) is 5.41 Å². The van der Waals surface area contributed by atoms with E-state index in [1.807, 2.05) is 53.3 Å². The lowest BCUT2D eigenvalue weighted by Crippen LogP contribution is -2.44. The molecule has 3 aromatic carbocycles. The van der Waals surface area contributed by atoms with Gasteiger partial charge in [-0.1, -0.05) is 49.1 Å². The lowest BCUT2D eigenvalue weighted by Gasteiger charge is -2.35. The van der Waals surface area contributed by atoms with Gasteiger partial charge >= 0.3 is 10.2 Å². The fourth-order valence-corrected chi connectivity index (χ4v) is 10.3. The van der Waals surface area contributed by atoms with Gasteiger partial charge in [-0.25, -0.2) is 4.72 Å². The number of likely N-dealkylation sites (tertiary alicyclic amines) is 1. The molecule has 2 aromatic heterocycles. The Balaban J connectivity index is 1.08. The molecular weight excluding hydrogens is 748 g/mol. The number of piperidine rings is 1. The summed E-state index contributed by atoms with van der Waals surface area (Å²) in [6.45, 7) is 1.74. The normalized spacial score (nSPS) is 21.3. The molecule has 11 nitrogen and oxygen atoms in total. The Labute approximate surface area is 332 Å². The maximum absolute atomic E-state index is 15.1. The molecule has 0 spiro atoms. The Morgan fingerprint density at radius 1 is 0.946 bits per heavy atom. The number of aromatic nitrogens is 3. The van der Waals surface area contributed by atoms with Crippen LogP contribution in [0.2, 0.25) is 5.02 Å². The summed E-state index contributed by atoms with van der Waals surface area (Å²) >= 11 is 6.12. The van der Waals surface area contributed by atoms with Crippen LogP contribution in [0.3, 0.4) is 0 Å². The molecule has 2 aliphatic carbocycles. The predicted octanol–water partition coefficient (Wildman–Crippen LogP) is 7.77. The molecule has 2 saturated carbocycles. The lowest BCUT2D eigenvalue weighted by molar-refractivity contribution is -0.139. The van der Waals surface area contributed by atoms with Gasteiger partial charge in [0.15, 0.2) is 0 Å². The molecule has 1 N–H and O–H groups in total. The van der Waals surface area contributed by atoms with Crippen molar-refractivity contribution in [3.63, 3.8) is 0 Å². The maximum Gasteiger partial charge on any atom is 0.303 e. The van der Waals surface area contributed by atoms with Crippen LogP contribution in [0.4, 0.5) is 0 Å². The smallest absolute Gasteiger partial charge is 0.303 e. The highest BCUT2D eigenvalue weighted by Crippen LogP contribution is 2.66. The molecule has 2 unspecified atom stereocenters. The molecule has 5 aromatic rings. The molecule has 4 heterocycles. The predicted molar refractivity (Wildman–Crippen MR) is 217 cm³/mol. The molecule has 4 aliphatic rings. The first-order valence-corrected chi connectivity index (χ1v) is 21.5. The Bertz CT molecular complexity index is 2460. The van der Waals surface area contributed by atoms with Gasteiger partial charge in [-0.05, 0) is 97.2 Å². The molecule has 2 atom stereocenters. The first kappa shape index (κ1) is 37.0. The van der Waals surface area contributed by atoms with E-state index in [0.29, 0.717) is 37.0 Å². The topological polar surface area (TPSA) is 119 Å². The average molecular weight is 795 g/mol. The van der Waals surface area contributed by atoms with E-state index >= 15 is 4.79 Å². The van der Waals surface area contributed by atoms with Crippen molar-refractivity contribution in [1.29, 1.82) is 0 Å². The Morgan fingerprint density at radius 3 is 2.41 bits per heavy atom. The van der Waals surface area contributed by atoms with Crippen molar-refractivity contribution >= 4 is 44.5 Å². The Hall–Kier alpha value is -4.65. The van der Waals surface area contributed by atoms with Crippen molar-refractivity contribution in [3.8, 4) is 28.1 Å². The lowest BCUT2D eigenvalue weighted by atomic mass is 9.81. The number of carbonyl (C=O) groups is 2. The van der Waals surface area contributed by atoms with Crippen LogP contribution in [0.5, 0.6) is 5.75 Å². The first-order chi connectivity index (χ1) is 27.0. The second-order valence-electron chi connectivity index (χ2n) is 16.2. The zero-order valence-corrected chi connectivity index (χ0v) is 33.6. The van der Waals surface area contributed by atoms with E-state index in [4.69, 9.17) is 21.4 Å². The van der Waals surface area contributed by atoms with Crippen LogP contribution in [-0.4, -0.2) is 78.1 Å². The van der Waals surface area contributed by atoms with E-state index in [0.717, 1.165) is 87.4 Å². The molecule has 1 saturated heterocycles. The molecule has 0 radical (unpaired) electrons. The maximum atomic E-state index is 15.1. The number of halogens is 1. The van der Waals surface area contributed by atoms with Gasteiger partial charge in [-0.2, -0.15) is 17.8 Å². The number of ether oxygens (including phenoxy) is 1. The zero-order valence-electron chi connectivity index (χ0n) is 32.0. The van der Waals surface area contributed by atoms with Crippen LogP contribution in [0.1, 0.15) is 90.7 Å². The standard InChI is InChI=1S/C43H47ClN6O5S/c1-47(2)56(53,54)46-41(51)29-11-15-35-38(21-29)49-26-43(23-37(43)36-22-33(55-3)14-16-34(36)40(49)39(35)28-7-5-4-6-8-28)42(52)48-19-17-32(18-20-48)50-25-30(24-45-50)27-9-12-31(44)13-10-27/h9-16,21-22,24-25,28,32,37H,4-8,17-20,23,26H2,1-3H3,(H,46,51). The monoisotopic (exact) mass is 794 g/mol. The fourth-order valence-electron chi connectivity index (χ4n) is 9.67. The summed E-state index contributed by atoms with van der Waals surface area (Å²) in [5, 5.41) is 6.47. The molecule has 2 aliphatic heterocycles. The Morgan fingerprint density at radius 2 is 1.70 bits per heavy atom. The summed E-state index contributed by atoms with van der Waals surface area (Å²) in [6, 6.07) is 19.8. The molecule has 56 heavy (non-hydrogen) atoms. The summed E-state index contributed by atoms with van der Waals surface area (Å²) in [7, 11) is 0.453. The van der Waals surface area contributed by atoms with Crippen molar-refractivity contribution in [2.75, 3.05) is 34.3 Å². The van der Waals surface area contributed by atoms with Gasteiger partial charge in [0, 0.05) is 78.5 Å². The first-order valence-electron chi connectivity index (χ1n) is 19.7. The van der Waals surface area contributed by atoms with E-state index < -0.39 is 21.5 Å². The van der Waals surface area contributed by atoms with Gasteiger partial charge in [0.1, 0.15) is 5.75 Å². The van der Waals surface area contributed by atoms with E-state index in [-0.39, 0.29) is 23.4 Å². The second-order valence-corrected chi connectivity index (χ2v) is 18.6. The highest BCUT2D eigenvalue weighted by atomic mass is 35.5. The molecule has 3 fully saturated rings. The van der Waals surface area contributed by atoms with Crippen molar-refractivity contribution in [3.05, 3.63) is 94.8 Å². The van der Waals surface area contributed by atoms with Crippen LogP contribution in [0.15, 0.2) is 73.1 Å². The van der Waals surface area contributed by atoms with Crippen LogP contribution in [0, 0.1) is 5.41 Å².